The number of hydrogen-bond acceptors (Lipinski definition) is 1. The Morgan fingerprint density at radius 1 is 0.952 bits per heavy atom. The Hall–Kier alpha value is -1.76. The smallest absolute Gasteiger partial charge is 0.0342 e. The number of aryl methyl sites for hydroxylation is 3. The molecule has 1 atom stereocenters. The highest BCUT2D eigenvalue weighted by atomic mass is 14.9. The SMILES string of the molecule is CCCc1ccc(NC(C)CCc2cccc(C)c2)cc1. The van der Waals surface area contributed by atoms with E-state index in [-0.39, 0.29) is 0 Å². The molecular formula is C20H27N. The highest BCUT2D eigenvalue weighted by Crippen LogP contribution is 2.14. The number of rotatable bonds is 7. The van der Waals surface area contributed by atoms with Crippen molar-refractivity contribution in [3.63, 3.8) is 0 Å². The van der Waals surface area contributed by atoms with Crippen LogP contribution < -0.4 is 5.32 Å². The van der Waals surface area contributed by atoms with Crippen LogP contribution in [0, 0.1) is 6.92 Å². The van der Waals surface area contributed by atoms with E-state index in [1.165, 1.54) is 35.2 Å². The molecule has 0 heterocycles. The molecule has 2 aromatic carbocycles. The molecule has 0 fully saturated rings. The monoisotopic (exact) mass is 281 g/mol. The van der Waals surface area contributed by atoms with Gasteiger partial charge in [-0.25, -0.2) is 0 Å². The van der Waals surface area contributed by atoms with E-state index in [0.717, 1.165) is 12.8 Å². The summed E-state index contributed by atoms with van der Waals surface area (Å²) in [7, 11) is 0. The zero-order chi connectivity index (χ0) is 15.1. The summed E-state index contributed by atoms with van der Waals surface area (Å²) in [6, 6.07) is 18.2. The van der Waals surface area contributed by atoms with Gasteiger partial charge in [-0.15, -0.1) is 0 Å². The van der Waals surface area contributed by atoms with Crippen molar-refractivity contribution < 1.29 is 0 Å². The number of hydrogen-bond donors (Lipinski definition) is 1. The van der Waals surface area contributed by atoms with Crippen LogP contribution in [0.5, 0.6) is 0 Å². The van der Waals surface area contributed by atoms with E-state index in [1.54, 1.807) is 0 Å². The van der Waals surface area contributed by atoms with Crippen LogP contribution in [0.3, 0.4) is 0 Å². The van der Waals surface area contributed by atoms with Gasteiger partial charge in [-0.1, -0.05) is 55.3 Å². The summed E-state index contributed by atoms with van der Waals surface area (Å²) in [5.74, 6) is 0. The molecule has 112 valence electrons. The van der Waals surface area contributed by atoms with Gasteiger partial charge in [0.2, 0.25) is 0 Å². The van der Waals surface area contributed by atoms with E-state index in [2.05, 4.69) is 74.6 Å². The van der Waals surface area contributed by atoms with Crippen LogP contribution in [-0.4, -0.2) is 6.04 Å². The predicted octanol–water partition coefficient (Wildman–Crippen LogP) is 5.38. The Bertz CT molecular complexity index is 542. The zero-order valence-electron chi connectivity index (χ0n) is 13.5. The minimum atomic E-state index is 0.488. The average Bonchev–Trinajstić information content (AvgIpc) is 2.48. The lowest BCUT2D eigenvalue weighted by molar-refractivity contribution is 0.706. The minimum Gasteiger partial charge on any atom is -0.383 e. The number of nitrogens with one attached hydrogen (secondary N) is 1. The largest absolute Gasteiger partial charge is 0.383 e. The predicted molar refractivity (Wildman–Crippen MR) is 93.0 cm³/mol. The second-order valence-corrected chi connectivity index (χ2v) is 6.02. The first-order chi connectivity index (χ1) is 10.2. The summed E-state index contributed by atoms with van der Waals surface area (Å²) in [6.07, 6.45) is 4.66. The molecule has 0 saturated carbocycles. The van der Waals surface area contributed by atoms with Crippen molar-refractivity contribution in [1.82, 2.24) is 0 Å². The summed E-state index contributed by atoms with van der Waals surface area (Å²) in [6.45, 7) is 6.64. The molecular weight excluding hydrogens is 254 g/mol. The van der Waals surface area contributed by atoms with Crippen LogP contribution in [0.15, 0.2) is 48.5 Å². The van der Waals surface area contributed by atoms with Gasteiger partial charge in [-0.2, -0.15) is 0 Å². The van der Waals surface area contributed by atoms with Crippen molar-refractivity contribution in [3.8, 4) is 0 Å². The standard InChI is InChI=1S/C20H27N/c1-4-6-18-11-13-20(14-12-18)21-17(3)9-10-19-8-5-7-16(2)15-19/h5,7-8,11-15,17,21H,4,6,9-10H2,1-3H3. The quantitative estimate of drug-likeness (QED) is 0.718. The van der Waals surface area contributed by atoms with Gasteiger partial charge in [-0.05, 0) is 56.4 Å². The van der Waals surface area contributed by atoms with Crippen molar-refractivity contribution in [3.05, 3.63) is 65.2 Å². The van der Waals surface area contributed by atoms with E-state index in [1.807, 2.05) is 0 Å². The van der Waals surface area contributed by atoms with Gasteiger partial charge in [0.25, 0.3) is 0 Å². The van der Waals surface area contributed by atoms with Crippen LogP contribution in [0.4, 0.5) is 5.69 Å². The lowest BCUT2D eigenvalue weighted by atomic mass is 10.0. The second-order valence-electron chi connectivity index (χ2n) is 6.02. The Morgan fingerprint density at radius 2 is 1.71 bits per heavy atom. The van der Waals surface area contributed by atoms with Crippen molar-refractivity contribution in [2.24, 2.45) is 0 Å². The normalized spacial score (nSPS) is 12.1. The van der Waals surface area contributed by atoms with Crippen molar-refractivity contribution in [2.45, 2.75) is 52.5 Å². The summed E-state index contributed by atoms with van der Waals surface area (Å²) < 4.78 is 0. The summed E-state index contributed by atoms with van der Waals surface area (Å²) in [5, 5.41) is 3.60. The Kier molecular flexibility index (Phi) is 5.86. The molecule has 0 amide bonds. The van der Waals surface area contributed by atoms with Crippen LogP contribution in [-0.2, 0) is 12.8 Å². The molecule has 0 aliphatic heterocycles. The molecule has 0 spiro atoms. The molecule has 2 aromatic rings. The van der Waals surface area contributed by atoms with Crippen LogP contribution in [0.2, 0.25) is 0 Å². The van der Waals surface area contributed by atoms with E-state index in [4.69, 9.17) is 0 Å². The lowest BCUT2D eigenvalue weighted by Gasteiger charge is -2.16. The van der Waals surface area contributed by atoms with Gasteiger partial charge < -0.3 is 5.32 Å². The highest BCUT2D eigenvalue weighted by Gasteiger charge is 2.03. The molecule has 2 rings (SSSR count). The molecule has 0 bridgehead atoms. The first-order valence-corrected chi connectivity index (χ1v) is 8.08. The molecule has 21 heavy (non-hydrogen) atoms. The number of benzene rings is 2. The van der Waals surface area contributed by atoms with Crippen molar-refractivity contribution in [1.29, 1.82) is 0 Å². The van der Waals surface area contributed by atoms with Gasteiger partial charge in [0.15, 0.2) is 0 Å². The van der Waals surface area contributed by atoms with Gasteiger partial charge in [0.05, 0.1) is 0 Å². The maximum atomic E-state index is 3.60. The first-order valence-electron chi connectivity index (χ1n) is 8.08. The Balaban J connectivity index is 1.82. The van der Waals surface area contributed by atoms with Gasteiger partial charge in [0.1, 0.15) is 0 Å². The van der Waals surface area contributed by atoms with E-state index in [9.17, 15) is 0 Å². The Labute approximate surface area is 129 Å². The molecule has 0 aliphatic carbocycles. The van der Waals surface area contributed by atoms with Crippen molar-refractivity contribution in [2.75, 3.05) is 5.32 Å². The van der Waals surface area contributed by atoms with E-state index < -0.39 is 0 Å². The fourth-order valence-electron chi connectivity index (χ4n) is 2.66. The van der Waals surface area contributed by atoms with Crippen molar-refractivity contribution >= 4 is 5.69 Å². The molecule has 0 aliphatic rings. The topological polar surface area (TPSA) is 12.0 Å². The van der Waals surface area contributed by atoms with Crippen LogP contribution in [0.25, 0.3) is 0 Å². The maximum Gasteiger partial charge on any atom is 0.0342 e. The third-order valence-electron chi connectivity index (χ3n) is 3.85. The van der Waals surface area contributed by atoms with Gasteiger partial charge in [-0.3, -0.25) is 0 Å². The molecule has 1 nitrogen and oxygen atoms in total. The first kappa shape index (κ1) is 15.6. The van der Waals surface area contributed by atoms with E-state index >= 15 is 0 Å². The molecule has 1 unspecified atom stereocenters. The molecule has 0 saturated heterocycles. The zero-order valence-corrected chi connectivity index (χ0v) is 13.5. The van der Waals surface area contributed by atoms with Crippen LogP contribution >= 0.6 is 0 Å². The fraction of sp³-hybridized carbons (Fsp3) is 0.400. The highest BCUT2D eigenvalue weighted by molar-refractivity contribution is 5.45. The van der Waals surface area contributed by atoms with E-state index in [0.29, 0.717) is 6.04 Å². The Morgan fingerprint density at radius 3 is 2.38 bits per heavy atom. The minimum absolute atomic E-state index is 0.488. The molecule has 0 aromatic heterocycles. The fourth-order valence-corrected chi connectivity index (χ4v) is 2.66. The second kappa shape index (κ2) is 7.87. The summed E-state index contributed by atoms with van der Waals surface area (Å²) >= 11 is 0. The van der Waals surface area contributed by atoms with Crippen LogP contribution in [0.1, 0.15) is 43.4 Å². The molecule has 0 radical (unpaired) electrons. The number of anilines is 1. The third-order valence-corrected chi connectivity index (χ3v) is 3.85. The lowest BCUT2D eigenvalue weighted by Crippen LogP contribution is -2.15. The maximum absolute atomic E-state index is 3.60. The average molecular weight is 281 g/mol. The van der Waals surface area contributed by atoms with Gasteiger partial charge in [0, 0.05) is 11.7 Å². The molecule has 1 N–H and O–H groups in total. The third kappa shape index (κ3) is 5.26. The van der Waals surface area contributed by atoms with Gasteiger partial charge >= 0.3 is 0 Å². The summed E-state index contributed by atoms with van der Waals surface area (Å²) in [5.41, 5.74) is 5.43. The molecule has 1 heteroatoms. The summed E-state index contributed by atoms with van der Waals surface area (Å²) in [4.78, 5) is 0.